The van der Waals surface area contributed by atoms with Gasteiger partial charge in [-0.3, -0.25) is 0 Å². The summed E-state index contributed by atoms with van der Waals surface area (Å²) in [7, 11) is -6.12. The number of hydrogen-bond acceptors (Lipinski definition) is 2. The van der Waals surface area contributed by atoms with Crippen molar-refractivity contribution in [2.45, 2.75) is 73.6 Å². The molecule has 0 aromatic heterocycles. The molecule has 0 saturated heterocycles. The number of fused-ring (bicyclic) bond motifs is 2. The zero-order valence-corrected chi connectivity index (χ0v) is 14.9. The fourth-order valence-corrected chi connectivity index (χ4v) is 5.99. The molecular formula is C15H17F9O2S. The highest BCUT2D eigenvalue weighted by atomic mass is 32.2. The maximum Gasteiger partial charge on any atom is 0.358 e. The first-order valence-electron chi connectivity index (χ1n) is 8.23. The van der Waals surface area contributed by atoms with Crippen molar-refractivity contribution in [3.63, 3.8) is 0 Å². The van der Waals surface area contributed by atoms with Crippen LogP contribution in [0.2, 0.25) is 0 Å². The van der Waals surface area contributed by atoms with Crippen molar-refractivity contribution < 1.29 is 47.9 Å². The second-order valence-electron chi connectivity index (χ2n) is 6.78. The highest BCUT2D eigenvalue weighted by Gasteiger charge is 3.07. The molecular weight excluding hydrogens is 415 g/mol. The first kappa shape index (κ1) is 22.4. The predicted molar refractivity (Wildman–Crippen MR) is 77.8 cm³/mol. The Kier molecular flexibility index (Phi) is 5.20. The molecule has 0 aliphatic heterocycles. The third-order valence-corrected chi connectivity index (χ3v) is 7.63. The lowest BCUT2D eigenvalue weighted by Crippen LogP contribution is -2.63. The van der Waals surface area contributed by atoms with Crippen LogP contribution < -0.4 is 0 Å². The summed E-state index contributed by atoms with van der Waals surface area (Å²) in [6, 6.07) is 0. The van der Waals surface area contributed by atoms with Gasteiger partial charge in [0, 0.05) is 0 Å². The second-order valence-corrected chi connectivity index (χ2v) is 9.03. The molecule has 27 heavy (non-hydrogen) atoms. The van der Waals surface area contributed by atoms with E-state index in [-0.39, 0.29) is 6.42 Å². The molecule has 0 spiro atoms. The van der Waals surface area contributed by atoms with Crippen LogP contribution in [0.3, 0.4) is 0 Å². The molecule has 0 aromatic rings. The molecule has 0 amide bonds. The summed E-state index contributed by atoms with van der Waals surface area (Å²) < 4.78 is 145. The molecule has 2 unspecified atom stereocenters. The molecule has 0 radical (unpaired) electrons. The third-order valence-electron chi connectivity index (χ3n) is 5.18. The standard InChI is InChI=1S/C15H17F9O2S/c1-2-3-4-5-6-7-8-27(25,26)12-10(17)9(16)11(18,13(12,19)20)14(21,22)15(12,23)24/h2-8H2,1H3. The SMILES string of the molecule is CCCCCCCCS(=O)(=O)C12C(F)=C(F)C(F)(C(F)(F)C1(F)F)C2(F)F. The number of allylic oxidation sites excluding steroid dienone is 1. The van der Waals surface area contributed by atoms with Gasteiger partial charge in [-0.1, -0.05) is 39.0 Å². The molecule has 2 nitrogen and oxygen atoms in total. The van der Waals surface area contributed by atoms with Crippen LogP contribution in [0, 0.1) is 0 Å². The Morgan fingerprint density at radius 2 is 1.19 bits per heavy atom. The maximum atomic E-state index is 14.3. The molecule has 1 fully saturated rings. The zero-order chi connectivity index (χ0) is 21.1. The van der Waals surface area contributed by atoms with Gasteiger partial charge < -0.3 is 0 Å². The minimum Gasteiger partial charge on any atom is -0.227 e. The molecule has 2 aliphatic rings. The Bertz CT molecular complexity index is 746. The van der Waals surface area contributed by atoms with E-state index in [1.807, 2.05) is 6.92 Å². The highest BCUT2D eigenvalue weighted by molar-refractivity contribution is 7.93. The van der Waals surface area contributed by atoms with Crippen LogP contribution in [-0.4, -0.2) is 42.4 Å². The van der Waals surface area contributed by atoms with Crippen LogP contribution in [0.15, 0.2) is 11.7 Å². The largest absolute Gasteiger partial charge is 0.358 e. The maximum absolute atomic E-state index is 14.3. The smallest absolute Gasteiger partial charge is 0.227 e. The lowest BCUT2D eigenvalue weighted by atomic mass is 9.95. The van der Waals surface area contributed by atoms with Gasteiger partial charge in [0.1, 0.15) is 0 Å². The number of alkyl halides is 7. The summed E-state index contributed by atoms with van der Waals surface area (Å²) in [4.78, 5) is 0. The van der Waals surface area contributed by atoms with Crippen LogP contribution in [0.25, 0.3) is 0 Å². The minimum atomic E-state index is -6.46. The predicted octanol–water partition coefficient (Wildman–Crippen LogP) is 5.29. The summed E-state index contributed by atoms with van der Waals surface area (Å²) in [6.45, 7) is 1.86. The number of unbranched alkanes of at least 4 members (excludes halogenated alkanes) is 5. The van der Waals surface area contributed by atoms with Crippen molar-refractivity contribution >= 4 is 9.84 Å². The lowest BCUT2D eigenvalue weighted by molar-refractivity contribution is -0.251. The number of sulfone groups is 1. The van der Waals surface area contributed by atoms with Gasteiger partial charge in [-0.05, 0) is 6.42 Å². The topological polar surface area (TPSA) is 34.1 Å². The highest BCUT2D eigenvalue weighted by Crippen LogP contribution is 2.78. The average molecular weight is 432 g/mol. The van der Waals surface area contributed by atoms with Crippen LogP contribution in [0.1, 0.15) is 45.4 Å². The molecule has 2 bridgehead atoms. The van der Waals surface area contributed by atoms with E-state index in [2.05, 4.69) is 0 Å². The van der Waals surface area contributed by atoms with Gasteiger partial charge >= 0.3 is 17.8 Å². The van der Waals surface area contributed by atoms with Crippen molar-refractivity contribution in [3.05, 3.63) is 11.7 Å². The fraction of sp³-hybridized carbons (Fsp3) is 0.867. The van der Waals surface area contributed by atoms with Gasteiger partial charge in [0.2, 0.25) is 0 Å². The molecule has 0 aromatic carbocycles. The van der Waals surface area contributed by atoms with Crippen molar-refractivity contribution in [1.29, 1.82) is 0 Å². The van der Waals surface area contributed by atoms with Gasteiger partial charge in [0.15, 0.2) is 21.5 Å². The Balaban J connectivity index is 2.49. The van der Waals surface area contributed by atoms with Crippen LogP contribution in [0.4, 0.5) is 39.5 Å². The Hall–Kier alpha value is -0.940. The fourth-order valence-electron chi connectivity index (χ4n) is 3.68. The molecule has 0 heterocycles. The van der Waals surface area contributed by atoms with Crippen molar-refractivity contribution in [2.24, 2.45) is 0 Å². The van der Waals surface area contributed by atoms with E-state index >= 15 is 0 Å². The van der Waals surface area contributed by atoms with E-state index in [1.54, 1.807) is 0 Å². The molecule has 158 valence electrons. The third kappa shape index (κ3) is 2.19. The van der Waals surface area contributed by atoms with Gasteiger partial charge in [-0.25, -0.2) is 21.6 Å². The molecule has 2 rings (SSSR count). The van der Waals surface area contributed by atoms with Gasteiger partial charge in [0.25, 0.3) is 10.4 Å². The molecule has 1 saturated carbocycles. The number of halogens is 9. The monoisotopic (exact) mass is 432 g/mol. The summed E-state index contributed by atoms with van der Waals surface area (Å²) in [5.74, 6) is -27.5. The first-order chi connectivity index (χ1) is 12.1. The van der Waals surface area contributed by atoms with Gasteiger partial charge in [-0.2, -0.15) is 26.3 Å². The van der Waals surface area contributed by atoms with Gasteiger partial charge in [0.05, 0.1) is 5.75 Å². The summed E-state index contributed by atoms with van der Waals surface area (Å²) in [5, 5.41) is 0. The first-order valence-corrected chi connectivity index (χ1v) is 9.89. The Morgan fingerprint density at radius 1 is 0.704 bits per heavy atom. The number of hydrogen-bond donors (Lipinski definition) is 0. The van der Waals surface area contributed by atoms with Crippen molar-refractivity contribution in [3.8, 4) is 0 Å². The van der Waals surface area contributed by atoms with E-state index in [0.29, 0.717) is 12.8 Å². The molecule has 0 N–H and O–H groups in total. The summed E-state index contributed by atoms with van der Waals surface area (Å²) >= 11 is 0. The normalized spacial score (nSPS) is 33.7. The van der Waals surface area contributed by atoms with E-state index in [9.17, 15) is 47.9 Å². The zero-order valence-electron chi connectivity index (χ0n) is 14.1. The average Bonchev–Trinajstić information content (AvgIpc) is 2.71. The van der Waals surface area contributed by atoms with Crippen LogP contribution in [-0.2, 0) is 9.84 Å². The van der Waals surface area contributed by atoms with Crippen LogP contribution >= 0.6 is 0 Å². The minimum absolute atomic E-state index is 0.0391. The lowest BCUT2D eigenvalue weighted by Gasteiger charge is -2.36. The Morgan fingerprint density at radius 3 is 1.70 bits per heavy atom. The quantitative estimate of drug-likeness (QED) is 0.386. The van der Waals surface area contributed by atoms with Crippen LogP contribution in [0.5, 0.6) is 0 Å². The van der Waals surface area contributed by atoms with Crippen molar-refractivity contribution in [2.75, 3.05) is 5.75 Å². The second kappa shape index (κ2) is 6.28. The summed E-state index contributed by atoms with van der Waals surface area (Å²) in [5.41, 5.74) is -6.08. The van der Waals surface area contributed by atoms with Gasteiger partial charge in [-0.15, -0.1) is 0 Å². The van der Waals surface area contributed by atoms with Crippen molar-refractivity contribution in [1.82, 2.24) is 0 Å². The Labute approximate surface area is 149 Å². The number of rotatable bonds is 8. The van der Waals surface area contributed by atoms with E-state index in [0.717, 1.165) is 12.8 Å². The molecule has 2 aliphatic carbocycles. The summed E-state index contributed by atoms with van der Waals surface area (Å²) in [6.07, 6.45) is 2.08. The molecule has 2 atom stereocenters. The van der Waals surface area contributed by atoms with E-state index in [1.165, 1.54) is 0 Å². The van der Waals surface area contributed by atoms with E-state index in [4.69, 9.17) is 0 Å². The molecule has 12 heteroatoms. The van der Waals surface area contributed by atoms with E-state index < -0.39 is 61.8 Å².